The van der Waals surface area contributed by atoms with Crippen LogP contribution in [0.2, 0.25) is 0 Å². The van der Waals surface area contributed by atoms with Crippen molar-refractivity contribution < 1.29 is 23.9 Å². The molecule has 6 rings (SSSR count). The Hall–Kier alpha value is -6.01. The minimum Gasteiger partial charge on any atom is -0.494 e. The molecule has 0 aliphatic carbocycles. The van der Waals surface area contributed by atoms with Gasteiger partial charge in [-0.15, -0.1) is 0 Å². The highest BCUT2D eigenvalue weighted by atomic mass is 32.1. The number of non-ortho nitro benzene ring substituents is 1. The Balaban J connectivity index is 1.35. The molecule has 2 heterocycles. The molecule has 4 aromatic carbocycles. The van der Waals surface area contributed by atoms with E-state index >= 15 is 0 Å². The van der Waals surface area contributed by atoms with Gasteiger partial charge >= 0.3 is 0 Å². The molecular formula is C37H32N4O7S. The molecule has 1 N–H and O–H groups in total. The van der Waals surface area contributed by atoms with E-state index in [0.717, 1.165) is 11.1 Å². The number of hydrogen-bond acceptors (Lipinski definition) is 9. The third-order valence-corrected chi connectivity index (χ3v) is 8.81. The van der Waals surface area contributed by atoms with E-state index in [4.69, 9.17) is 19.2 Å². The third-order valence-electron chi connectivity index (χ3n) is 7.83. The van der Waals surface area contributed by atoms with Crippen LogP contribution in [0.1, 0.15) is 36.6 Å². The number of amides is 1. The van der Waals surface area contributed by atoms with Gasteiger partial charge in [0, 0.05) is 17.8 Å². The van der Waals surface area contributed by atoms with Crippen molar-refractivity contribution in [2.45, 2.75) is 26.5 Å². The summed E-state index contributed by atoms with van der Waals surface area (Å²) in [6, 6.07) is 27.2. The maximum Gasteiger partial charge on any atom is 0.271 e. The molecule has 0 saturated carbocycles. The summed E-state index contributed by atoms with van der Waals surface area (Å²) < 4.78 is 19.2. The molecule has 0 spiro atoms. The minimum absolute atomic E-state index is 0.00333. The fourth-order valence-corrected chi connectivity index (χ4v) is 6.53. The van der Waals surface area contributed by atoms with Crippen LogP contribution in [-0.4, -0.2) is 29.1 Å². The van der Waals surface area contributed by atoms with Crippen LogP contribution in [0.5, 0.6) is 17.2 Å². The zero-order chi connectivity index (χ0) is 34.5. The van der Waals surface area contributed by atoms with Crippen molar-refractivity contribution in [2.24, 2.45) is 4.99 Å². The number of benzene rings is 4. The van der Waals surface area contributed by atoms with Gasteiger partial charge < -0.3 is 19.5 Å². The van der Waals surface area contributed by atoms with Crippen LogP contribution in [0, 0.1) is 10.1 Å². The standard InChI is InChI=1S/C37H32N4O7S/c1-4-47-29-17-13-26(14-18-29)34-33(35(42)39-27-8-6-5-7-9-27)23(2)38-37-40(34)36(43)32(49-37)21-25-12-19-30(31(20-25)46-3)48-22-24-10-15-28(16-11-24)41(44)45/h5-21,34H,4,22H2,1-3H3,(H,39,42)/b32-21-/t34-/m0/s1. The Bertz CT molecular complexity index is 2230. The molecule has 49 heavy (non-hydrogen) atoms. The van der Waals surface area contributed by atoms with Crippen molar-refractivity contribution in [3.8, 4) is 17.2 Å². The summed E-state index contributed by atoms with van der Waals surface area (Å²) in [6.45, 7) is 4.37. The molecule has 248 valence electrons. The van der Waals surface area contributed by atoms with Gasteiger partial charge in [0.1, 0.15) is 12.4 Å². The average Bonchev–Trinajstić information content (AvgIpc) is 3.41. The fraction of sp³-hybridized carbons (Fsp3) is 0.162. The number of para-hydroxylation sites is 1. The van der Waals surface area contributed by atoms with E-state index in [1.165, 1.54) is 30.6 Å². The predicted molar refractivity (Wildman–Crippen MR) is 187 cm³/mol. The SMILES string of the molecule is CCOc1ccc([C@H]2C(C(=O)Nc3ccccc3)=C(C)N=c3s/c(=C\c4ccc(OCc5ccc([N+](=O)[O-])cc5)c(OC)c4)c(=O)n32)cc1. The Morgan fingerprint density at radius 1 is 1.00 bits per heavy atom. The monoisotopic (exact) mass is 676 g/mol. The molecule has 1 aromatic heterocycles. The summed E-state index contributed by atoms with van der Waals surface area (Å²) >= 11 is 1.23. The first-order valence-electron chi connectivity index (χ1n) is 15.4. The molecule has 0 bridgehead atoms. The lowest BCUT2D eigenvalue weighted by Crippen LogP contribution is -2.40. The summed E-state index contributed by atoms with van der Waals surface area (Å²) in [5.41, 5.74) is 3.40. The van der Waals surface area contributed by atoms with Crippen molar-refractivity contribution in [1.82, 2.24) is 4.57 Å². The zero-order valence-corrected chi connectivity index (χ0v) is 27.7. The first kappa shape index (κ1) is 32.9. The average molecular weight is 677 g/mol. The summed E-state index contributed by atoms with van der Waals surface area (Å²) in [7, 11) is 1.52. The Labute approximate surface area is 285 Å². The maximum absolute atomic E-state index is 14.2. The van der Waals surface area contributed by atoms with Crippen LogP contribution in [0.25, 0.3) is 6.08 Å². The summed E-state index contributed by atoms with van der Waals surface area (Å²) in [6.07, 6.45) is 1.75. The fourth-order valence-electron chi connectivity index (χ4n) is 5.48. The van der Waals surface area contributed by atoms with Crippen LogP contribution in [0.15, 0.2) is 118 Å². The van der Waals surface area contributed by atoms with E-state index in [-0.39, 0.29) is 23.8 Å². The second-order valence-electron chi connectivity index (χ2n) is 11.0. The lowest BCUT2D eigenvalue weighted by atomic mass is 9.95. The summed E-state index contributed by atoms with van der Waals surface area (Å²) in [4.78, 5) is 43.7. The molecule has 0 saturated heterocycles. The minimum atomic E-state index is -0.734. The Morgan fingerprint density at radius 2 is 1.73 bits per heavy atom. The lowest BCUT2D eigenvalue weighted by Gasteiger charge is -2.25. The van der Waals surface area contributed by atoms with Gasteiger partial charge in [0.25, 0.3) is 17.2 Å². The van der Waals surface area contributed by atoms with Crippen LogP contribution in [-0.2, 0) is 11.4 Å². The van der Waals surface area contributed by atoms with E-state index in [1.807, 2.05) is 49.4 Å². The van der Waals surface area contributed by atoms with Gasteiger partial charge in [0.2, 0.25) is 0 Å². The van der Waals surface area contributed by atoms with Crippen molar-refractivity contribution in [1.29, 1.82) is 0 Å². The predicted octanol–water partition coefficient (Wildman–Crippen LogP) is 5.77. The summed E-state index contributed by atoms with van der Waals surface area (Å²) in [5, 5.41) is 13.9. The highest BCUT2D eigenvalue weighted by Crippen LogP contribution is 2.32. The van der Waals surface area contributed by atoms with Crippen LogP contribution in [0.3, 0.4) is 0 Å². The van der Waals surface area contributed by atoms with Gasteiger partial charge in [-0.05, 0) is 85.1 Å². The number of carbonyl (C=O) groups is 1. The lowest BCUT2D eigenvalue weighted by molar-refractivity contribution is -0.384. The van der Waals surface area contributed by atoms with Gasteiger partial charge in [0.05, 0.1) is 40.5 Å². The highest BCUT2D eigenvalue weighted by molar-refractivity contribution is 7.07. The Morgan fingerprint density at radius 3 is 2.41 bits per heavy atom. The van der Waals surface area contributed by atoms with Crippen molar-refractivity contribution >= 4 is 34.7 Å². The number of carbonyl (C=O) groups excluding carboxylic acids is 1. The van der Waals surface area contributed by atoms with Crippen molar-refractivity contribution in [3.63, 3.8) is 0 Å². The first-order valence-corrected chi connectivity index (χ1v) is 16.2. The van der Waals surface area contributed by atoms with Gasteiger partial charge in [0.15, 0.2) is 16.3 Å². The largest absolute Gasteiger partial charge is 0.494 e. The molecule has 0 unspecified atom stereocenters. The summed E-state index contributed by atoms with van der Waals surface area (Å²) in [5.74, 6) is 1.25. The third kappa shape index (κ3) is 7.14. The van der Waals surface area contributed by atoms with Gasteiger partial charge in [-0.2, -0.15) is 0 Å². The molecule has 1 aliphatic rings. The maximum atomic E-state index is 14.2. The molecule has 11 nitrogen and oxygen atoms in total. The number of methoxy groups -OCH3 is 1. The molecule has 1 atom stereocenters. The number of aromatic nitrogens is 1. The Kier molecular flexibility index (Phi) is 9.67. The number of hydrogen-bond donors (Lipinski definition) is 1. The quantitative estimate of drug-likeness (QED) is 0.139. The highest BCUT2D eigenvalue weighted by Gasteiger charge is 2.32. The van der Waals surface area contributed by atoms with Gasteiger partial charge in [-0.3, -0.25) is 24.3 Å². The topological polar surface area (TPSA) is 134 Å². The normalized spacial score (nSPS) is 14.1. The second kappa shape index (κ2) is 14.4. The molecule has 12 heteroatoms. The van der Waals surface area contributed by atoms with Crippen LogP contribution < -0.4 is 34.4 Å². The van der Waals surface area contributed by atoms with Crippen LogP contribution in [0.4, 0.5) is 11.4 Å². The van der Waals surface area contributed by atoms with E-state index < -0.39 is 11.0 Å². The van der Waals surface area contributed by atoms with E-state index in [1.54, 1.807) is 60.0 Å². The molecule has 1 aliphatic heterocycles. The van der Waals surface area contributed by atoms with Crippen molar-refractivity contribution in [2.75, 3.05) is 19.0 Å². The van der Waals surface area contributed by atoms with Gasteiger partial charge in [-0.25, -0.2) is 4.99 Å². The van der Waals surface area contributed by atoms with E-state index in [9.17, 15) is 19.7 Å². The number of nitrogens with zero attached hydrogens (tertiary/aromatic N) is 3. The first-order chi connectivity index (χ1) is 23.7. The molecular weight excluding hydrogens is 644 g/mol. The second-order valence-corrected chi connectivity index (χ2v) is 12.0. The van der Waals surface area contributed by atoms with E-state index in [2.05, 4.69) is 5.32 Å². The molecule has 0 radical (unpaired) electrons. The van der Waals surface area contributed by atoms with E-state index in [0.29, 0.717) is 55.7 Å². The molecule has 1 amide bonds. The van der Waals surface area contributed by atoms with Gasteiger partial charge in [-0.1, -0.05) is 47.7 Å². The number of ether oxygens (including phenoxy) is 3. The number of nitrogens with one attached hydrogen (secondary N) is 1. The number of nitro groups is 1. The zero-order valence-electron chi connectivity index (χ0n) is 26.9. The molecule has 0 fully saturated rings. The number of rotatable bonds is 11. The molecule has 5 aromatic rings. The van der Waals surface area contributed by atoms with Crippen molar-refractivity contribution in [3.05, 3.63) is 155 Å². The number of fused-ring (bicyclic) bond motifs is 1. The number of allylic oxidation sites excluding steroid dienone is 1. The smallest absolute Gasteiger partial charge is 0.271 e. The van der Waals surface area contributed by atoms with Crippen LogP contribution >= 0.6 is 11.3 Å². The number of anilines is 1. The number of nitro benzene ring substituents is 1. The number of thiazole rings is 1.